The van der Waals surface area contributed by atoms with E-state index >= 15 is 0 Å². The average Bonchev–Trinajstić information content (AvgIpc) is 3.35. The maximum atomic E-state index is 11.3. The molecule has 0 spiro atoms. The Kier molecular flexibility index (Phi) is 5.72. The molecule has 1 N–H and O–H groups in total. The molecular formula is C19H15BrN6O2S. The number of nitrogens with zero attached hydrogens (tertiary/aromatic N) is 5. The smallest absolute Gasteiger partial charge is 0.237 e. The van der Waals surface area contributed by atoms with Crippen LogP contribution in [-0.2, 0) is 10.5 Å². The number of aromatic nitrogens is 5. The van der Waals surface area contributed by atoms with Gasteiger partial charge < -0.3 is 9.84 Å². The fraction of sp³-hybridized carbons (Fsp3) is 0.105. The van der Waals surface area contributed by atoms with Gasteiger partial charge in [0.05, 0.1) is 11.4 Å². The lowest BCUT2D eigenvalue weighted by molar-refractivity contribution is -0.114. The SMILES string of the molecule is CC(=O)Nc1cccc(-n2cnnc2SCc2nc(-c3cccc(Br)c3)no2)c1. The number of anilines is 1. The number of hydrogen-bond donors (Lipinski definition) is 1. The third kappa shape index (κ3) is 4.72. The third-order valence-corrected chi connectivity index (χ3v) is 5.26. The number of carbonyl (C=O) groups is 1. The fourth-order valence-electron chi connectivity index (χ4n) is 2.62. The summed E-state index contributed by atoms with van der Waals surface area (Å²) >= 11 is 4.87. The second-order valence-electron chi connectivity index (χ2n) is 6.03. The first-order valence-corrected chi connectivity index (χ1v) is 10.4. The number of hydrogen-bond acceptors (Lipinski definition) is 7. The van der Waals surface area contributed by atoms with E-state index in [2.05, 4.69) is 41.6 Å². The lowest BCUT2D eigenvalue weighted by atomic mass is 10.2. The highest BCUT2D eigenvalue weighted by Crippen LogP contribution is 2.26. The van der Waals surface area contributed by atoms with Gasteiger partial charge in [-0.25, -0.2) is 0 Å². The molecule has 0 saturated heterocycles. The van der Waals surface area contributed by atoms with Crippen molar-refractivity contribution in [3.05, 3.63) is 65.2 Å². The van der Waals surface area contributed by atoms with Crippen LogP contribution in [0.1, 0.15) is 12.8 Å². The van der Waals surface area contributed by atoms with E-state index in [1.54, 1.807) is 6.33 Å². The van der Waals surface area contributed by atoms with E-state index in [0.29, 0.717) is 28.3 Å². The monoisotopic (exact) mass is 470 g/mol. The van der Waals surface area contributed by atoms with Crippen LogP contribution in [0.5, 0.6) is 0 Å². The number of nitrogens with one attached hydrogen (secondary N) is 1. The van der Waals surface area contributed by atoms with Crippen LogP contribution in [-0.4, -0.2) is 30.8 Å². The van der Waals surface area contributed by atoms with Crippen LogP contribution in [0.3, 0.4) is 0 Å². The standard InChI is InChI=1S/C19H15BrN6O2S/c1-12(27)22-15-6-3-7-16(9-15)26-11-21-24-19(26)29-10-17-23-18(25-28-17)13-4-2-5-14(20)8-13/h2-9,11H,10H2,1H3,(H,22,27). The van der Waals surface area contributed by atoms with Crippen molar-refractivity contribution in [1.29, 1.82) is 0 Å². The predicted molar refractivity (Wildman–Crippen MR) is 113 cm³/mol. The van der Waals surface area contributed by atoms with Crippen molar-refractivity contribution in [1.82, 2.24) is 24.9 Å². The van der Waals surface area contributed by atoms with Gasteiger partial charge in [0.1, 0.15) is 6.33 Å². The summed E-state index contributed by atoms with van der Waals surface area (Å²) in [6, 6.07) is 15.2. The van der Waals surface area contributed by atoms with E-state index in [-0.39, 0.29) is 5.91 Å². The second-order valence-corrected chi connectivity index (χ2v) is 7.88. The van der Waals surface area contributed by atoms with E-state index < -0.39 is 0 Å². The Balaban J connectivity index is 1.49. The van der Waals surface area contributed by atoms with Crippen LogP contribution in [0.15, 0.2) is 69.0 Å². The summed E-state index contributed by atoms with van der Waals surface area (Å²) in [7, 11) is 0. The second kappa shape index (κ2) is 8.58. The molecule has 29 heavy (non-hydrogen) atoms. The Morgan fingerprint density at radius 3 is 2.93 bits per heavy atom. The maximum Gasteiger partial charge on any atom is 0.237 e. The molecule has 146 valence electrons. The molecule has 0 atom stereocenters. The van der Waals surface area contributed by atoms with Crippen LogP contribution in [0.2, 0.25) is 0 Å². The van der Waals surface area contributed by atoms with Gasteiger partial charge >= 0.3 is 0 Å². The molecular weight excluding hydrogens is 456 g/mol. The molecule has 2 aromatic carbocycles. The average molecular weight is 471 g/mol. The van der Waals surface area contributed by atoms with Gasteiger partial charge in [-0.3, -0.25) is 9.36 Å². The van der Waals surface area contributed by atoms with E-state index in [1.807, 2.05) is 53.1 Å². The molecule has 0 radical (unpaired) electrons. The zero-order valence-electron chi connectivity index (χ0n) is 15.2. The molecule has 1 amide bonds. The molecule has 2 heterocycles. The van der Waals surface area contributed by atoms with Crippen molar-refractivity contribution in [2.45, 2.75) is 17.8 Å². The number of amides is 1. The number of halogens is 1. The molecule has 0 aliphatic heterocycles. The molecule has 8 nitrogen and oxygen atoms in total. The van der Waals surface area contributed by atoms with Gasteiger partial charge in [-0.05, 0) is 30.3 Å². The van der Waals surface area contributed by atoms with Crippen LogP contribution in [0.4, 0.5) is 5.69 Å². The summed E-state index contributed by atoms with van der Waals surface area (Å²) < 4.78 is 8.15. The first kappa shape index (κ1) is 19.3. The quantitative estimate of drug-likeness (QED) is 0.418. The van der Waals surface area contributed by atoms with Crippen LogP contribution >= 0.6 is 27.7 Å². The van der Waals surface area contributed by atoms with Crippen molar-refractivity contribution in [2.24, 2.45) is 0 Å². The topological polar surface area (TPSA) is 98.7 Å². The van der Waals surface area contributed by atoms with Crippen LogP contribution in [0.25, 0.3) is 17.1 Å². The molecule has 4 aromatic rings. The maximum absolute atomic E-state index is 11.3. The molecule has 0 fully saturated rings. The normalized spacial score (nSPS) is 10.8. The van der Waals surface area contributed by atoms with E-state index in [9.17, 15) is 4.79 Å². The largest absolute Gasteiger partial charge is 0.338 e. The molecule has 0 bridgehead atoms. The number of carbonyl (C=O) groups excluding carboxylic acids is 1. The van der Waals surface area contributed by atoms with Gasteiger partial charge in [-0.15, -0.1) is 10.2 Å². The van der Waals surface area contributed by atoms with Crippen molar-refractivity contribution in [3.63, 3.8) is 0 Å². The van der Waals surface area contributed by atoms with Gasteiger partial charge in [0.2, 0.25) is 17.6 Å². The molecule has 0 unspecified atom stereocenters. The Morgan fingerprint density at radius 1 is 1.24 bits per heavy atom. The summed E-state index contributed by atoms with van der Waals surface area (Å²) in [4.78, 5) is 15.7. The lowest BCUT2D eigenvalue weighted by Gasteiger charge is -2.08. The molecule has 0 aliphatic carbocycles. The Bertz CT molecular complexity index is 1160. The molecule has 10 heteroatoms. The van der Waals surface area contributed by atoms with Gasteiger partial charge in [0.15, 0.2) is 5.16 Å². The summed E-state index contributed by atoms with van der Waals surface area (Å²) in [5.41, 5.74) is 2.41. The van der Waals surface area contributed by atoms with Crippen molar-refractivity contribution < 1.29 is 9.32 Å². The highest BCUT2D eigenvalue weighted by molar-refractivity contribution is 9.10. The fourth-order valence-corrected chi connectivity index (χ4v) is 3.79. The van der Waals surface area contributed by atoms with Gasteiger partial charge in [0, 0.05) is 22.6 Å². The predicted octanol–water partition coefficient (Wildman–Crippen LogP) is 4.33. The van der Waals surface area contributed by atoms with Crippen LogP contribution in [0, 0.1) is 0 Å². The van der Waals surface area contributed by atoms with E-state index in [1.165, 1.54) is 18.7 Å². The molecule has 4 rings (SSSR count). The summed E-state index contributed by atoms with van der Waals surface area (Å²) in [5, 5.41) is 15.7. The number of thioether (sulfide) groups is 1. The number of benzene rings is 2. The zero-order chi connectivity index (χ0) is 20.2. The van der Waals surface area contributed by atoms with E-state index in [4.69, 9.17) is 4.52 Å². The Labute approximate surface area is 178 Å². The first-order chi connectivity index (χ1) is 14.1. The summed E-state index contributed by atoms with van der Waals surface area (Å²) in [6.07, 6.45) is 1.62. The lowest BCUT2D eigenvalue weighted by Crippen LogP contribution is -2.06. The van der Waals surface area contributed by atoms with Crippen molar-refractivity contribution in [2.75, 3.05) is 5.32 Å². The minimum atomic E-state index is -0.127. The van der Waals surface area contributed by atoms with E-state index in [0.717, 1.165) is 15.7 Å². The third-order valence-electron chi connectivity index (χ3n) is 3.84. The molecule has 0 saturated carbocycles. The summed E-state index contributed by atoms with van der Waals surface area (Å²) in [5.74, 6) is 1.35. The molecule has 0 aliphatic rings. The van der Waals surface area contributed by atoms with Crippen molar-refractivity contribution in [3.8, 4) is 17.1 Å². The number of rotatable bonds is 6. The minimum Gasteiger partial charge on any atom is -0.338 e. The summed E-state index contributed by atoms with van der Waals surface area (Å²) in [6.45, 7) is 1.47. The molecule has 2 aromatic heterocycles. The van der Waals surface area contributed by atoms with Gasteiger partial charge in [0.25, 0.3) is 0 Å². The highest BCUT2D eigenvalue weighted by Gasteiger charge is 2.13. The highest BCUT2D eigenvalue weighted by atomic mass is 79.9. The Hall–Kier alpha value is -2.98. The van der Waals surface area contributed by atoms with Gasteiger partial charge in [-0.1, -0.05) is 51.0 Å². The Morgan fingerprint density at radius 2 is 2.10 bits per heavy atom. The van der Waals surface area contributed by atoms with Crippen LogP contribution < -0.4 is 5.32 Å². The zero-order valence-corrected chi connectivity index (χ0v) is 17.6. The van der Waals surface area contributed by atoms with Gasteiger partial charge in [-0.2, -0.15) is 4.98 Å². The minimum absolute atomic E-state index is 0.127. The first-order valence-electron chi connectivity index (χ1n) is 8.58. The van der Waals surface area contributed by atoms with Crippen molar-refractivity contribution >= 4 is 39.3 Å².